The molecule has 0 radical (unpaired) electrons. The second-order valence-corrected chi connectivity index (χ2v) is 6.63. The van der Waals surface area contributed by atoms with E-state index in [-0.39, 0.29) is 21.4 Å². The minimum Gasteiger partial charge on any atom is -0.408 e. The maximum atomic E-state index is 13.8. The average molecular weight is 431 g/mol. The summed E-state index contributed by atoms with van der Waals surface area (Å²) in [6.45, 7) is -1.39. The number of benzene rings is 2. The van der Waals surface area contributed by atoms with Gasteiger partial charge in [-0.05, 0) is 48.9 Å². The first-order chi connectivity index (χ1) is 14.8. The van der Waals surface area contributed by atoms with E-state index in [1.165, 1.54) is 30.5 Å². The largest absolute Gasteiger partial charge is 0.424 e. The lowest BCUT2D eigenvalue weighted by Gasteiger charge is -2.09. The lowest BCUT2D eigenvalue weighted by Crippen LogP contribution is -2.16. The third kappa shape index (κ3) is 3.67. The number of rotatable bonds is 4. The number of hydrogen-bond acceptors (Lipinski definition) is 4. The molecule has 2 heterocycles. The van der Waals surface area contributed by atoms with Gasteiger partial charge in [0.05, 0.1) is 23.1 Å². The van der Waals surface area contributed by atoms with Gasteiger partial charge in [-0.1, -0.05) is 6.07 Å². The van der Waals surface area contributed by atoms with Crippen molar-refractivity contribution < 1.29 is 26.8 Å². The smallest absolute Gasteiger partial charge is 0.408 e. The van der Waals surface area contributed by atoms with Crippen molar-refractivity contribution in [1.82, 2.24) is 9.55 Å². The van der Waals surface area contributed by atoms with E-state index in [0.717, 1.165) is 18.2 Å². The lowest BCUT2D eigenvalue weighted by molar-refractivity contribution is 0.0670. The molecule has 2 aromatic carbocycles. The SMILES string of the molecule is Cc1cc2oc(=O)n(C(F)F)c2cc1-c1ccc(NC(=O)c2c(F)cccc2F)cn1. The van der Waals surface area contributed by atoms with Crippen molar-refractivity contribution in [3.8, 4) is 11.3 Å². The molecule has 10 heteroatoms. The van der Waals surface area contributed by atoms with Gasteiger partial charge in [0.1, 0.15) is 17.2 Å². The first kappa shape index (κ1) is 20.3. The molecule has 0 aliphatic heterocycles. The zero-order valence-electron chi connectivity index (χ0n) is 15.8. The standard InChI is InChI=1S/C21H13F4N3O3/c1-10-7-17-16(28(20(24)25)21(30)31-17)8-12(10)15-6-5-11(9-26-15)27-19(29)18-13(22)3-2-4-14(18)23/h2-9,20H,1H3,(H,27,29). The van der Waals surface area contributed by atoms with Crippen LogP contribution in [0.25, 0.3) is 22.4 Å². The van der Waals surface area contributed by atoms with Crippen LogP contribution in [-0.4, -0.2) is 15.5 Å². The number of carbonyl (C=O) groups excluding carboxylic acids is 1. The monoisotopic (exact) mass is 431 g/mol. The van der Waals surface area contributed by atoms with Gasteiger partial charge >= 0.3 is 12.3 Å². The molecule has 0 atom stereocenters. The lowest BCUT2D eigenvalue weighted by atomic mass is 10.0. The predicted octanol–water partition coefficient (Wildman–Crippen LogP) is 4.89. The molecule has 0 saturated heterocycles. The number of pyridine rings is 1. The van der Waals surface area contributed by atoms with Crippen LogP contribution in [0.15, 0.2) is 57.9 Å². The Hall–Kier alpha value is -3.95. The van der Waals surface area contributed by atoms with Crippen LogP contribution in [0.5, 0.6) is 0 Å². The molecule has 4 rings (SSSR count). The van der Waals surface area contributed by atoms with Gasteiger partial charge in [-0.15, -0.1) is 0 Å². The Kier molecular flexibility index (Phi) is 5.05. The van der Waals surface area contributed by atoms with Gasteiger partial charge in [-0.3, -0.25) is 9.78 Å². The van der Waals surface area contributed by atoms with Crippen LogP contribution in [0.1, 0.15) is 22.5 Å². The third-order valence-electron chi connectivity index (χ3n) is 4.64. The van der Waals surface area contributed by atoms with Crippen LogP contribution in [0.4, 0.5) is 23.2 Å². The van der Waals surface area contributed by atoms with E-state index in [4.69, 9.17) is 4.42 Å². The molecule has 0 aliphatic carbocycles. The number of nitrogens with zero attached hydrogens (tertiary/aromatic N) is 2. The maximum absolute atomic E-state index is 13.8. The summed E-state index contributed by atoms with van der Waals surface area (Å²) in [7, 11) is 0. The van der Waals surface area contributed by atoms with Crippen molar-refractivity contribution in [3.63, 3.8) is 0 Å². The number of oxazole rings is 1. The van der Waals surface area contributed by atoms with Crippen molar-refractivity contribution in [1.29, 1.82) is 0 Å². The molecule has 0 fully saturated rings. The first-order valence-electron chi connectivity index (χ1n) is 8.92. The molecule has 31 heavy (non-hydrogen) atoms. The molecular formula is C21H13F4N3O3. The summed E-state index contributed by atoms with van der Waals surface area (Å²) in [4.78, 5) is 28.0. The number of alkyl halides is 2. The average Bonchev–Trinajstić information content (AvgIpc) is 3.02. The van der Waals surface area contributed by atoms with Crippen molar-refractivity contribution in [3.05, 3.63) is 82.0 Å². The highest BCUT2D eigenvalue weighted by molar-refractivity contribution is 6.04. The summed E-state index contributed by atoms with van der Waals surface area (Å²) in [5, 5.41) is 2.35. The second-order valence-electron chi connectivity index (χ2n) is 6.63. The number of nitrogens with one attached hydrogen (secondary N) is 1. The molecule has 0 unspecified atom stereocenters. The molecule has 0 bridgehead atoms. The van der Waals surface area contributed by atoms with Gasteiger partial charge in [-0.2, -0.15) is 8.78 Å². The van der Waals surface area contributed by atoms with E-state index in [2.05, 4.69) is 10.3 Å². The Bertz CT molecular complexity index is 1340. The highest BCUT2D eigenvalue weighted by atomic mass is 19.3. The molecule has 2 aromatic heterocycles. The van der Waals surface area contributed by atoms with Crippen molar-refractivity contribution in [2.45, 2.75) is 13.5 Å². The highest BCUT2D eigenvalue weighted by Crippen LogP contribution is 2.29. The van der Waals surface area contributed by atoms with E-state index in [9.17, 15) is 27.2 Å². The zero-order chi connectivity index (χ0) is 22.3. The van der Waals surface area contributed by atoms with Gasteiger partial charge in [0.25, 0.3) is 5.91 Å². The quantitative estimate of drug-likeness (QED) is 0.467. The molecular weight excluding hydrogens is 418 g/mol. The van der Waals surface area contributed by atoms with Gasteiger partial charge in [0.2, 0.25) is 0 Å². The summed E-state index contributed by atoms with van der Waals surface area (Å²) in [6, 6.07) is 8.82. The first-order valence-corrected chi connectivity index (χ1v) is 8.92. The molecule has 6 nitrogen and oxygen atoms in total. The Morgan fingerprint density at radius 3 is 2.45 bits per heavy atom. The second kappa shape index (κ2) is 7.71. The topological polar surface area (TPSA) is 77.1 Å². The number of fused-ring (bicyclic) bond motifs is 1. The molecule has 4 aromatic rings. The summed E-state index contributed by atoms with van der Waals surface area (Å²) >= 11 is 0. The number of aryl methyl sites for hydroxylation is 1. The van der Waals surface area contributed by atoms with E-state index in [0.29, 0.717) is 16.8 Å². The molecule has 1 amide bonds. The normalized spacial score (nSPS) is 11.3. The Balaban J connectivity index is 1.66. The number of halogens is 4. The molecule has 158 valence electrons. The van der Waals surface area contributed by atoms with Crippen LogP contribution < -0.4 is 11.1 Å². The van der Waals surface area contributed by atoms with E-state index < -0.39 is 35.4 Å². The van der Waals surface area contributed by atoms with E-state index in [1.54, 1.807) is 6.92 Å². The fraction of sp³-hybridized carbons (Fsp3) is 0.0952. The zero-order valence-corrected chi connectivity index (χ0v) is 15.8. The number of carbonyl (C=O) groups is 1. The van der Waals surface area contributed by atoms with Crippen LogP contribution in [-0.2, 0) is 0 Å². The highest BCUT2D eigenvalue weighted by Gasteiger charge is 2.20. The van der Waals surface area contributed by atoms with E-state index in [1.807, 2.05) is 0 Å². The molecule has 1 N–H and O–H groups in total. The molecule has 0 aliphatic rings. The minimum absolute atomic E-state index is 0.0161. The van der Waals surface area contributed by atoms with Gasteiger partial charge in [-0.25, -0.2) is 18.1 Å². The number of amides is 1. The van der Waals surface area contributed by atoms with Crippen molar-refractivity contribution >= 4 is 22.7 Å². The Morgan fingerprint density at radius 1 is 1.13 bits per heavy atom. The maximum Gasteiger partial charge on any atom is 0.424 e. The van der Waals surface area contributed by atoms with Crippen LogP contribution in [0.3, 0.4) is 0 Å². The Labute approximate surface area is 171 Å². The summed E-state index contributed by atoms with van der Waals surface area (Å²) < 4.78 is 59.0. The summed E-state index contributed by atoms with van der Waals surface area (Å²) in [6.07, 6.45) is 1.26. The van der Waals surface area contributed by atoms with Gasteiger partial charge in [0, 0.05) is 5.56 Å². The molecule has 0 spiro atoms. The summed E-state index contributed by atoms with van der Waals surface area (Å²) in [5.41, 5.74) is 0.808. The number of anilines is 1. The molecule has 0 saturated carbocycles. The minimum atomic E-state index is -3.08. The third-order valence-corrected chi connectivity index (χ3v) is 4.64. The van der Waals surface area contributed by atoms with Crippen molar-refractivity contribution in [2.75, 3.05) is 5.32 Å². The summed E-state index contributed by atoms with van der Waals surface area (Å²) in [5.74, 6) is -4.16. The van der Waals surface area contributed by atoms with Gasteiger partial charge < -0.3 is 9.73 Å². The number of aromatic nitrogens is 2. The van der Waals surface area contributed by atoms with Crippen molar-refractivity contribution in [2.24, 2.45) is 0 Å². The fourth-order valence-electron chi connectivity index (χ4n) is 3.18. The van der Waals surface area contributed by atoms with E-state index >= 15 is 0 Å². The number of hydrogen-bond donors (Lipinski definition) is 1. The van der Waals surface area contributed by atoms with Gasteiger partial charge in [0.15, 0.2) is 5.58 Å². The predicted molar refractivity (Wildman–Crippen MR) is 104 cm³/mol. The van der Waals surface area contributed by atoms with Crippen LogP contribution >= 0.6 is 0 Å². The fourth-order valence-corrected chi connectivity index (χ4v) is 3.18. The van der Waals surface area contributed by atoms with Crippen LogP contribution in [0, 0.1) is 18.6 Å². The Morgan fingerprint density at radius 2 is 1.84 bits per heavy atom. The van der Waals surface area contributed by atoms with Crippen LogP contribution in [0.2, 0.25) is 0 Å².